The molecule has 0 N–H and O–H groups in total. The van der Waals surface area contributed by atoms with Gasteiger partial charge in [0.25, 0.3) is 0 Å². The molecule has 0 atom stereocenters. The van der Waals surface area contributed by atoms with Gasteiger partial charge in [0.2, 0.25) is 0 Å². The fraction of sp³-hybridized carbons (Fsp3) is 0.368. The molecule has 3 aromatic rings. The Morgan fingerprint density at radius 1 is 1.19 bits per heavy atom. The SMILES string of the molecule is CC(C)c1cc(-c2nnc(SCc3ccc(F)cc3Cl)n2C(C)C)cs1. The van der Waals surface area contributed by atoms with Crippen LogP contribution in [0.2, 0.25) is 5.02 Å². The van der Waals surface area contributed by atoms with E-state index in [4.69, 9.17) is 11.6 Å². The summed E-state index contributed by atoms with van der Waals surface area (Å²) in [5.41, 5.74) is 1.99. The van der Waals surface area contributed by atoms with E-state index in [1.54, 1.807) is 29.2 Å². The minimum Gasteiger partial charge on any atom is -0.299 e. The van der Waals surface area contributed by atoms with E-state index in [-0.39, 0.29) is 11.9 Å². The molecule has 3 rings (SSSR count). The van der Waals surface area contributed by atoms with Crippen LogP contribution >= 0.6 is 34.7 Å². The molecule has 2 heterocycles. The number of thioether (sulfide) groups is 1. The molecule has 26 heavy (non-hydrogen) atoms. The van der Waals surface area contributed by atoms with Crippen molar-refractivity contribution in [3.63, 3.8) is 0 Å². The number of rotatable bonds is 6. The third-order valence-electron chi connectivity index (χ3n) is 4.00. The highest BCUT2D eigenvalue weighted by Crippen LogP contribution is 2.34. The summed E-state index contributed by atoms with van der Waals surface area (Å²) >= 11 is 9.45. The summed E-state index contributed by atoms with van der Waals surface area (Å²) in [4.78, 5) is 1.34. The average Bonchev–Trinajstić information content (AvgIpc) is 3.20. The Morgan fingerprint density at radius 3 is 2.58 bits per heavy atom. The van der Waals surface area contributed by atoms with Gasteiger partial charge in [-0.15, -0.1) is 21.5 Å². The van der Waals surface area contributed by atoms with Crippen LogP contribution in [0.3, 0.4) is 0 Å². The van der Waals surface area contributed by atoms with E-state index in [9.17, 15) is 4.39 Å². The number of nitrogens with zero attached hydrogens (tertiary/aromatic N) is 3. The molecule has 0 aliphatic rings. The van der Waals surface area contributed by atoms with Crippen molar-refractivity contribution >= 4 is 34.7 Å². The van der Waals surface area contributed by atoms with Crippen LogP contribution in [-0.4, -0.2) is 14.8 Å². The Bertz CT molecular complexity index is 902. The lowest BCUT2D eigenvalue weighted by atomic mass is 10.1. The molecule has 138 valence electrons. The molecule has 0 saturated heterocycles. The minimum atomic E-state index is -0.324. The Hall–Kier alpha value is -1.37. The summed E-state index contributed by atoms with van der Waals surface area (Å²) in [5, 5.41) is 12.2. The van der Waals surface area contributed by atoms with Gasteiger partial charge in [-0.25, -0.2) is 4.39 Å². The molecular formula is C19H21ClFN3S2. The first-order valence-electron chi connectivity index (χ1n) is 8.47. The largest absolute Gasteiger partial charge is 0.299 e. The molecule has 0 unspecified atom stereocenters. The topological polar surface area (TPSA) is 30.7 Å². The van der Waals surface area contributed by atoms with Gasteiger partial charge in [0.1, 0.15) is 5.82 Å². The van der Waals surface area contributed by atoms with Gasteiger partial charge in [0, 0.05) is 32.6 Å². The Morgan fingerprint density at radius 2 is 1.96 bits per heavy atom. The van der Waals surface area contributed by atoms with Crippen LogP contribution in [0.4, 0.5) is 4.39 Å². The summed E-state index contributed by atoms with van der Waals surface area (Å²) < 4.78 is 15.4. The first-order chi connectivity index (χ1) is 12.4. The quantitative estimate of drug-likeness (QED) is 0.419. The molecule has 0 aliphatic heterocycles. The molecule has 7 heteroatoms. The summed E-state index contributed by atoms with van der Waals surface area (Å²) in [6.07, 6.45) is 0. The number of hydrogen-bond donors (Lipinski definition) is 0. The highest BCUT2D eigenvalue weighted by molar-refractivity contribution is 7.98. The Labute approximate surface area is 166 Å². The van der Waals surface area contributed by atoms with E-state index >= 15 is 0 Å². The third kappa shape index (κ3) is 4.13. The van der Waals surface area contributed by atoms with Crippen LogP contribution in [0.15, 0.2) is 34.8 Å². The molecule has 3 nitrogen and oxygen atoms in total. The number of halogens is 2. The van der Waals surface area contributed by atoms with Gasteiger partial charge in [-0.1, -0.05) is 43.3 Å². The average molecular weight is 410 g/mol. The van der Waals surface area contributed by atoms with Gasteiger partial charge in [0.15, 0.2) is 11.0 Å². The highest BCUT2D eigenvalue weighted by atomic mass is 35.5. The Kier molecular flexibility index (Phi) is 6.05. The maximum atomic E-state index is 13.2. The van der Waals surface area contributed by atoms with E-state index < -0.39 is 0 Å². The lowest BCUT2D eigenvalue weighted by Gasteiger charge is -2.13. The normalized spacial score (nSPS) is 11.7. The van der Waals surface area contributed by atoms with Gasteiger partial charge >= 0.3 is 0 Å². The lowest BCUT2D eigenvalue weighted by molar-refractivity contribution is 0.555. The smallest absolute Gasteiger partial charge is 0.192 e. The number of benzene rings is 1. The molecule has 0 amide bonds. The number of aromatic nitrogens is 3. The maximum absolute atomic E-state index is 13.2. The number of thiophene rings is 1. The van der Waals surface area contributed by atoms with Crippen molar-refractivity contribution in [2.24, 2.45) is 0 Å². The summed E-state index contributed by atoms with van der Waals surface area (Å²) in [7, 11) is 0. The maximum Gasteiger partial charge on any atom is 0.192 e. The monoisotopic (exact) mass is 409 g/mol. The van der Waals surface area contributed by atoms with E-state index in [1.165, 1.54) is 17.0 Å². The van der Waals surface area contributed by atoms with E-state index in [2.05, 4.69) is 53.9 Å². The van der Waals surface area contributed by atoms with Crippen molar-refractivity contribution in [2.45, 2.75) is 50.6 Å². The second-order valence-electron chi connectivity index (χ2n) is 6.69. The van der Waals surface area contributed by atoms with Crippen molar-refractivity contribution in [1.82, 2.24) is 14.8 Å². The van der Waals surface area contributed by atoms with Crippen molar-refractivity contribution in [1.29, 1.82) is 0 Å². The Balaban J connectivity index is 1.87. The minimum absolute atomic E-state index is 0.230. The number of hydrogen-bond acceptors (Lipinski definition) is 4. The molecular weight excluding hydrogens is 389 g/mol. The van der Waals surface area contributed by atoms with Crippen molar-refractivity contribution in [2.75, 3.05) is 0 Å². The lowest BCUT2D eigenvalue weighted by Crippen LogP contribution is -2.05. The van der Waals surface area contributed by atoms with Gasteiger partial charge in [-0.3, -0.25) is 4.57 Å². The fourth-order valence-corrected chi connectivity index (χ4v) is 4.88. The molecule has 0 saturated carbocycles. The molecule has 0 bridgehead atoms. The van der Waals surface area contributed by atoms with E-state index in [0.717, 1.165) is 22.1 Å². The highest BCUT2D eigenvalue weighted by Gasteiger charge is 2.19. The predicted octanol–water partition coefficient (Wildman–Crippen LogP) is 6.80. The van der Waals surface area contributed by atoms with Crippen LogP contribution in [0.25, 0.3) is 11.4 Å². The van der Waals surface area contributed by atoms with E-state index in [0.29, 0.717) is 16.7 Å². The van der Waals surface area contributed by atoms with Crippen LogP contribution in [0.5, 0.6) is 0 Å². The molecule has 0 fully saturated rings. The first kappa shape index (κ1) is 19.4. The van der Waals surface area contributed by atoms with Crippen molar-refractivity contribution in [3.05, 3.63) is 50.9 Å². The fourth-order valence-electron chi connectivity index (χ4n) is 2.59. The van der Waals surface area contributed by atoms with Gasteiger partial charge in [-0.05, 0) is 43.5 Å². The second kappa shape index (κ2) is 8.11. The van der Waals surface area contributed by atoms with E-state index in [1.807, 2.05) is 0 Å². The zero-order valence-electron chi connectivity index (χ0n) is 15.2. The summed E-state index contributed by atoms with van der Waals surface area (Å²) in [5.74, 6) is 1.68. The van der Waals surface area contributed by atoms with Gasteiger partial charge in [0.05, 0.1) is 0 Å². The standard InChI is InChI=1S/C19H21ClFN3S2/c1-11(2)17-7-14(10-25-17)18-22-23-19(24(18)12(3)4)26-9-13-5-6-15(21)8-16(13)20/h5-8,10-12H,9H2,1-4H3. The molecule has 2 aromatic heterocycles. The summed E-state index contributed by atoms with van der Waals surface area (Å²) in [6, 6.07) is 6.92. The van der Waals surface area contributed by atoms with Crippen LogP contribution in [0, 0.1) is 5.82 Å². The molecule has 0 spiro atoms. The summed E-state index contributed by atoms with van der Waals surface area (Å²) in [6.45, 7) is 8.63. The van der Waals surface area contributed by atoms with Gasteiger partial charge < -0.3 is 0 Å². The van der Waals surface area contributed by atoms with Crippen LogP contribution in [-0.2, 0) is 5.75 Å². The zero-order chi connectivity index (χ0) is 18.8. The second-order valence-corrected chi connectivity index (χ2v) is 8.98. The molecule has 1 aromatic carbocycles. The van der Waals surface area contributed by atoms with Crippen LogP contribution < -0.4 is 0 Å². The predicted molar refractivity (Wildman–Crippen MR) is 109 cm³/mol. The van der Waals surface area contributed by atoms with Crippen molar-refractivity contribution in [3.8, 4) is 11.4 Å². The van der Waals surface area contributed by atoms with Gasteiger partial charge in [-0.2, -0.15) is 0 Å². The van der Waals surface area contributed by atoms with Crippen LogP contribution in [0.1, 0.15) is 50.1 Å². The zero-order valence-corrected chi connectivity index (χ0v) is 17.6. The first-order valence-corrected chi connectivity index (χ1v) is 10.7. The third-order valence-corrected chi connectivity index (χ3v) is 6.58. The van der Waals surface area contributed by atoms with Crippen molar-refractivity contribution < 1.29 is 4.39 Å². The molecule has 0 aliphatic carbocycles. The molecule has 0 radical (unpaired) electrons.